The quantitative estimate of drug-likeness (QED) is 0.417. The van der Waals surface area contributed by atoms with Gasteiger partial charge in [-0.1, -0.05) is 13.8 Å². The van der Waals surface area contributed by atoms with Crippen molar-refractivity contribution in [3.8, 4) is 11.5 Å². The average molecular weight is 310 g/mol. The van der Waals surface area contributed by atoms with E-state index in [0.717, 1.165) is 0 Å². The summed E-state index contributed by atoms with van der Waals surface area (Å²) in [6.07, 6.45) is 0.887. The van der Waals surface area contributed by atoms with Crippen LogP contribution in [0, 0.1) is 0 Å². The molecule has 0 aliphatic heterocycles. The molecule has 5 heteroatoms. The number of carbonyl (C=O) groups is 2. The summed E-state index contributed by atoms with van der Waals surface area (Å²) in [7, 11) is 1.52. The van der Waals surface area contributed by atoms with Gasteiger partial charge in [-0.2, -0.15) is 0 Å². The molecule has 0 amide bonds. The maximum Gasteiger partial charge on any atom is 0.305 e. The maximum absolute atomic E-state index is 11.3. The summed E-state index contributed by atoms with van der Waals surface area (Å²) in [5, 5.41) is 0. The summed E-state index contributed by atoms with van der Waals surface area (Å²) in [6, 6.07) is 5.02. The van der Waals surface area contributed by atoms with Crippen LogP contribution in [-0.2, 0) is 9.53 Å². The van der Waals surface area contributed by atoms with E-state index in [4.69, 9.17) is 14.2 Å². The van der Waals surface area contributed by atoms with Crippen molar-refractivity contribution in [2.75, 3.05) is 20.3 Å². The molecule has 0 fully saturated rings. The van der Waals surface area contributed by atoms with Crippen LogP contribution >= 0.6 is 0 Å². The van der Waals surface area contributed by atoms with Gasteiger partial charge in [-0.05, 0) is 38.5 Å². The lowest BCUT2D eigenvalue weighted by molar-refractivity contribution is -0.143. The molecule has 0 saturated heterocycles. The van der Waals surface area contributed by atoms with E-state index in [9.17, 15) is 9.59 Å². The molecule has 0 atom stereocenters. The molecule has 0 radical (unpaired) electrons. The van der Waals surface area contributed by atoms with E-state index in [1.54, 1.807) is 25.1 Å². The maximum atomic E-state index is 11.3. The highest BCUT2D eigenvalue weighted by atomic mass is 16.5. The zero-order chi connectivity index (χ0) is 17.0. The van der Waals surface area contributed by atoms with E-state index < -0.39 is 0 Å². The Balaban J connectivity index is 0.00000211. The predicted molar refractivity (Wildman–Crippen MR) is 85.7 cm³/mol. The Morgan fingerprint density at radius 3 is 2.36 bits per heavy atom. The van der Waals surface area contributed by atoms with Gasteiger partial charge < -0.3 is 14.2 Å². The van der Waals surface area contributed by atoms with Crippen molar-refractivity contribution in [2.45, 2.75) is 40.5 Å². The fourth-order valence-electron chi connectivity index (χ4n) is 1.64. The van der Waals surface area contributed by atoms with Gasteiger partial charge in [-0.15, -0.1) is 0 Å². The predicted octanol–water partition coefficient (Wildman–Crippen LogP) is 3.65. The fraction of sp³-hybridized carbons (Fsp3) is 0.529. The lowest BCUT2D eigenvalue weighted by atomic mass is 10.1. The monoisotopic (exact) mass is 310 g/mol. The Bertz CT molecular complexity index is 468. The molecule has 0 bridgehead atoms. The van der Waals surface area contributed by atoms with Gasteiger partial charge >= 0.3 is 5.97 Å². The Kier molecular flexibility index (Phi) is 10.5. The van der Waals surface area contributed by atoms with E-state index in [1.165, 1.54) is 14.0 Å². The van der Waals surface area contributed by atoms with Crippen LogP contribution < -0.4 is 9.47 Å². The van der Waals surface area contributed by atoms with Crippen LogP contribution in [-0.4, -0.2) is 32.1 Å². The fourth-order valence-corrected chi connectivity index (χ4v) is 1.64. The van der Waals surface area contributed by atoms with Crippen molar-refractivity contribution in [1.82, 2.24) is 0 Å². The third-order valence-electron chi connectivity index (χ3n) is 2.66. The summed E-state index contributed by atoms with van der Waals surface area (Å²) >= 11 is 0. The molecular weight excluding hydrogens is 284 g/mol. The zero-order valence-corrected chi connectivity index (χ0v) is 14.1. The van der Waals surface area contributed by atoms with E-state index in [-0.39, 0.29) is 11.8 Å². The molecule has 0 saturated carbocycles. The van der Waals surface area contributed by atoms with Crippen molar-refractivity contribution in [1.29, 1.82) is 0 Å². The van der Waals surface area contributed by atoms with Gasteiger partial charge in [0.25, 0.3) is 0 Å². The van der Waals surface area contributed by atoms with Gasteiger partial charge in [0.2, 0.25) is 0 Å². The average Bonchev–Trinajstić information content (AvgIpc) is 2.53. The van der Waals surface area contributed by atoms with Crippen molar-refractivity contribution in [3.05, 3.63) is 23.8 Å². The van der Waals surface area contributed by atoms with Crippen molar-refractivity contribution in [2.24, 2.45) is 0 Å². The number of rotatable bonds is 8. The summed E-state index contributed by atoms with van der Waals surface area (Å²) in [6.45, 7) is 8.04. The third-order valence-corrected chi connectivity index (χ3v) is 2.66. The third kappa shape index (κ3) is 7.11. The van der Waals surface area contributed by atoms with Gasteiger partial charge in [0.1, 0.15) is 0 Å². The van der Waals surface area contributed by atoms with E-state index in [1.807, 2.05) is 13.8 Å². The Labute approximate surface area is 132 Å². The minimum Gasteiger partial charge on any atom is -0.493 e. The molecule has 0 aromatic heterocycles. The molecule has 0 aliphatic carbocycles. The van der Waals surface area contributed by atoms with Crippen molar-refractivity contribution >= 4 is 11.8 Å². The first kappa shape index (κ1) is 20.0. The van der Waals surface area contributed by atoms with Crippen molar-refractivity contribution in [3.63, 3.8) is 0 Å². The number of hydrogen-bond acceptors (Lipinski definition) is 5. The molecule has 0 aliphatic rings. The van der Waals surface area contributed by atoms with Crippen LogP contribution in [0.3, 0.4) is 0 Å². The van der Waals surface area contributed by atoms with Crippen LogP contribution in [0.25, 0.3) is 0 Å². The lowest BCUT2D eigenvalue weighted by Crippen LogP contribution is -2.07. The second-order valence-corrected chi connectivity index (χ2v) is 4.18. The summed E-state index contributed by atoms with van der Waals surface area (Å²) in [5.74, 6) is 0.808. The topological polar surface area (TPSA) is 61.8 Å². The number of benzene rings is 1. The first-order chi connectivity index (χ1) is 10.6. The van der Waals surface area contributed by atoms with Gasteiger partial charge in [-0.25, -0.2) is 0 Å². The van der Waals surface area contributed by atoms with Crippen LogP contribution in [0.4, 0.5) is 0 Å². The highest BCUT2D eigenvalue weighted by Crippen LogP contribution is 2.28. The molecule has 22 heavy (non-hydrogen) atoms. The smallest absolute Gasteiger partial charge is 0.305 e. The minimum atomic E-state index is -0.227. The highest BCUT2D eigenvalue weighted by Gasteiger charge is 2.09. The Morgan fingerprint density at radius 1 is 1.14 bits per heavy atom. The van der Waals surface area contributed by atoms with Crippen LogP contribution in [0.1, 0.15) is 50.9 Å². The van der Waals surface area contributed by atoms with Gasteiger partial charge in [0.05, 0.1) is 20.3 Å². The van der Waals surface area contributed by atoms with Crippen LogP contribution in [0.15, 0.2) is 18.2 Å². The molecule has 0 unspecified atom stereocenters. The highest BCUT2D eigenvalue weighted by molar-refractivity contribution is 5.94. The van der Waals surface area contributed by atoms with Crippen LogP contribution in [0.2, 0.25) is 0 Å². The minimum absolute atomic E-state index is 0.0304. The van der Waals surface area contributed by atoms with E-state index in [0.29, 0.717) is 43.1 Å². The normalized spacial score (nSPS) is 9.32. The second-order valence-electron chi connectivity index (χ2n) is 4.18. The number of Topliss-reactive ketones (excluding diaryl/α,β-unsaturated/α-hetero) is 1. The van der Waals surface area contributed by atoms with Gasteiger partial charge in [0.15, 0.2) is 17.3 Å². The largest absolute Gasteiger partial charge is 0.493 e. The molecular formula is C17H26O5. The number of ketones is 1. The Morgan fingerprint density at radius 2 is 1.82 bits per heavy atom. The number of esters is 1. The standard InChI is InChI=1S/C15H20O5.C2H6/c1-4-19-15(17)6-5-9-20-13-8-7-12(11(2)16)10-14(13)18-3;1-2/h7-8,10H,4-6,9H2,1-3H3;1-2H3. The first-order valence-corrected chi connectivity index (χ1v) is 7.55. The number of hydrogen-bond donors (Lipinski definition) is 0. The molecule has 1 aromatic rings. The number of ether oxygens (including phenoxy) is 3. The van der Waals surface area contributed by atoms with E-state index in [2.05, 4.69) is 0 Å². The molecule has 0 heterocycles. The SMILES string of the molecule is CC.CCOC(=O)CCCOc1ccc(C(C)=O)cc1OC. The second kappa shape index (κ2) is 11.6. The summed E-state index contributed by atoms with van der Waals surface area (Å²) in [4.78, 5) is 22.4. The molecule has 1 aromatic carbocycles. The molecule has 0 N–H and O–H groups in total. The van der Waals surface area contributed by atoms with Gasteiger partial charge in [0, 0.05) is 12.0 Å². The van der Waals surface area contributed by atoms with Gasteiger partial charge in [-0.3, -0.25) is 9.59 Å². The van der Waals surface area contributed by atoms with E-state index >= 15 is 0 Å². The lowest BCUT2D eigenvalue weighted by Gasteiger charge is -2.11. The Hall–Kier alpha value is -2.04. The molecule has 5 nitrogen and oxygen atoms in total. The summed E-state index contributed by atoms with van der Waals surface area (Å²) in [5.41, 5.74) is 0.570. The first-order valence-electron chi connectivity index (χ1n) is 7.55. The van der Waals surface area contributed by atoms with Crippen molar-refractivity contribution < 1.29 is 23.8 Å². The summed E-state index contributed by atoms with van der Waals surface area (Å²) < 4.78 is 15.6. The number of methoxy groups -OCH3 is 1. The van der Waals surface area contributed by atoms with Crippen LogP contribution in [0.5, 0.6) is 11.5 Å². The number of carbonyl (C=O) groups excluding carboxylic acids is 2. The molecule has 1 rings (SSSR count). The molecule has 0 spiro atoms. The molecule has 124 valence electrons. The zero-order valence-electron chi connectivity index (χ0n) is 14.1.